The molecular formula is C15H22N2O3. The van der Waals surface area contributed by atoms with Gasteiger partial charge in [-0.2, -0.15) is 0 Å². The number of methoxy groups -OCH3 is 2. The summed E-state index contributed by atoms with van der Waals surface area (Å²) in [5.41, 5.74) is 6.68. The van der Waals surface area contributed by atoms with E-state index in [1.807, 2.05) is 0 Å². The van der Waals surface area contributed by atoms with Gasteiger partial charge in [0.1, 0.15) is 5.75 Å². The quantitative estimate of drug-likeness (QED) is 0.824. The number of hydrogen-bond donors (Lipinski definition) is 2. The van der Waals surface area contributed by atoms with E-state index in [4.69, 9.17) is 15.2 Å². The molecule has 5 nitrogen and oxygen atoms in total. The Bertz CT molecular complexity index is 514. The largest absolute Gasteiger partial charge is 0.495 e. The minimum Gasteiger partial charge on any atom is -0.495 e. The highest BCUT2D eigenvalue weighted by Crippen LogP contribution is 2.42. The highest BCUT2D eigenvalue weighted by molar-refractivity contribution is 6.00. The van der Waals surface area contributed by atoms with Crippen molar-refractivity contribution in [1.82, 2.24) is 5.32 Å². The van der Waals surface area contributed by atoms with Gasteiger partial charge in [-0.15, -0.1) is 0 Å². The van der Waals surface area contributed by atoms with Crippen molar-refractivity contribution in [2.75, 3.05) is 20.0 Å². The molecule has 1 aliphatic carbocycles. The molecule has 0 spiro atoms. The number of carbonyl (C=O) groups is 1. The highest BCUT2D eigenvalue weighted by atomic mass is 16.5. The minimum absolute atomic E-state index is 0.0714. The molecule has 0 aromatic heterocycles. The summed E-state index contributed by atoms with van der Waals surface area (Å²) in [6, 6.07) is 5.28. The van der Waals surface area contributed by atoms with E-state index in [2.05, 4.69) is 19.2 Å². The Kier molecular flexibility index (Phi) is 3.90. The lowest BCUT2D eigenvalue weighted by molar-refractivity contribution is -0.0942. The van der Waals surface area contributed by atoms with E-state index in [0.29, 0.717) is 17.0 Å². The van der Waals surface area contributed by atoms with Gasteiger partial charge in [0.15, 0.2) is 0 Å². The molecule has 20 heavy (non-hydrogen) atoms. The second-order valence-corrected chi connectivity index (χ2v) is 5.73. The normalized spacial score (nSPS) is 23.8. The first-order valence-electron chi connectivity index (χ1n) is 6.68. The molecule has 0 aliphatic heterocycles. The first kappa shape index (κ1) is 14.7. The molecule has 1 aromatic rings. The van der Waals surface area contributed by atoms with E-state index in [-0.39, 0.29) is 23.5 Å². The molecule has 1 aromatic carbocycles. The van der Waals surface area contributed by atoms with Crippen LogP contribution in [0.2, 0.25) is 0 Å². The second kappa shape index (κ2) is 5.32. The standard InChI is InChI=1S/C15H22N2O3/c1-15(2)11(8-12(15)20-4)17-14(18)9-6-5-7-10(19-3)13(9)16/h5-7,11-12H,8,16H2,1-4H3,(H,17,18). The van der Waals surface area contributed by atoms with E-state index < -0.39 is 0 Å². The summed E-state index contributed by atoms with van der Waals surface area (Å²) in [5.74, 6) is 0.342. The average molecular weight is 278 g/mol. The molecule has 0 bridgehead atoms. The van der Waals surface area contributed by atoms with E-state index in [1.54, 1.807) is 25.3 Å². The second-order valence-electron chi connectivity index (χ2n) is 5.73. The number of rotatable bonds is 4. The van der Waals surface area contributed by atoms with E-state index in [0.717, 1.165) is 6.42 Å². The van der Waals surface area contributed by atoms with Crippen molar-refractivity contribution in [3.8, 4) is 5.75 Å². The van der Waals surface area contributed by atoms with Crippen molar-refractivity contribution in [3.05, 3.63) is 23.8 Å². The predicted molar refractivity (Wildman–Crippen MR) is 77.9 cm³/mol. The number of para-hydroxylation sites is 1. The Hall–Kier alpha value is -1.75. The number of nitrogen functional groups attached to an aromatic ring is 1. The number of benzene rings is 1. The molecule has 5 heteroatoms. The zero-order valence-corrected chi connectivity index (χ0v) is 12.4. The third kappa shape index (κ3) is 2.33. The fraction of sp³-hybridized carbons (Fsp3) is 0.533. The monoisotopic (exact) mass is 278 g/mol. The number of ether oxygens (including phenoxy) is 2. The van der Waals surface area contributed by atoms with Gasteiger partial charge < -0.3 is 20.5 Å². The third-order valence-electron chi connectivity index (χ3n) is 4.30. The topological polar surface area (TPSA) is 73.6 Å². The van der Waals surface area contributed by atoms with Crippen molar-refractivity contribution in [2.45, 2.75) is 32.4 Å². The van der Waals surface area contributed by atoms with E-state index in [9.17, 15) is 4.79 Å². The van der Waals surface area contributed by atoms with Crippen molar-refractivity contribution >= 4 is 11.6 Å². The fourth-order valence-electron chi connectivity index (χ4n) is 2.69. The molecule has 2 atom stereocenters. The Morgan fingerprint density at radius 1 is 1.40 bits per heavy atom. The van der Waals surface area contributed by atoms with Crippen LogP contribution >= 0.6 is 0 Å². The Morgan fingerprint density at radius 3 is 2.65 bits per heavy atom. The Balaban J connectivity index is 2.11. The molecule has 1 amide bonds. The smallest absolute Gasteiger partial charge is 0.253 e. The average Bonchev–Trinajstić information content (AvgIpc) is 2.42. The summed E-state index contributed by atoms with van der Waals surface area (Å²) < 4.78 is 10.5. The van der Waals surface area contributed by atoms with E-state index in [1.165, 1.54) is 7.11 Å². The van der Waals surface area contributed by atoms with Gasteiger partial charge in [-0.1, -0.05) is 19.9 Å². The molecule has 3 N–H and O–H groups in total. The van der Waals surface area contributed by atoms with Crippen molar-refractivity contribution in [1.29, 1.82) is 0 Å². The zero-order valence-electron chi connectivity index (χ0n) is 12.4. The van der Waals surface area contributed by atoms with Crippen molar-refractivity contribution < 1.29 is 14.3 Å². The zero-order chi connectivity index (χ0) is 14.9. The van der Waals surface area contributed by atoms with Gasteiger partial charge in [-0.05, 0) is 18.6 Å². The van der Waals surface area contributed by atoms with Crippen LogP contribution in [-0.4, -0.2) is 32.3 Å². The van der Waals surface area contributed by atoms with Gasteiger partial charge in [-0.25, -0.2) is 0 Å². The Labute approximate surface area is 119 Å². The van der Waals surface area contributed by atoms with Crippen LogP contribution < -0.4 is 15.8 Å². The maximum absolute atomic E-state index is 12.3. The predicted octanol–water partition coefficient (Wildman–Crippen LogP) is 1.82. The number of carbonyl (C=O) groups excluding carboxylic acids is 1. The molecular weight excluding hydrogens is 256 g/mol. The number of hydrogen-bond acceptors (Lipinski definition) is 4. The molecule has 2 unspecified atom stereocenters. The van der Waals surface area contributed by atoms with Crippen LogP contribution in [0.4, 0.5) is 5.69 Å². The van der Waals surface area contributed by atoms with Crippen LogP contribution in [0.15, 0.2) is 18.2 Å². The summed E-state index contributed by atoms with van der Waals surface area (Å²) in [6.45, 7) is 4.18. The van der Waals surface area contributed by atoms with Crippen LogP contribution in [0.1, 0.15) is 30.6 Å². The van der Waals surface area contributed by atoms with Crippen LogP contribution in [0, 0.1) is 5.41 Å². The van der Waals surface area contributed by atoms with Crippen LogP contribution in [0.5, 0.6) is 5.75 Å². The molecule has 2 rings (SSSR count). The molecule has 1 aliphatic rings. The maximum Gasteiger partial charge on any atom is 0.253 e. The van der Waals surface area contributed by atoms with Gasteiger partial charge in [0, 0.05) is 18.6 Å². The van der Waals surface area contributed by atoms with Crippen molar-refractivity contribution in [3.63, 3.8) is 0 Å². The number of nitrogens with two attached hydrogens (primary N) is 1. The lowest BCUT2D eigenvalue weighted by atomic mass is 9.64. The van der Waals surface area contributed by atoms with Gasteiger partial charge in [0.05, 0.1) is 24.5 Å². The lowest BCUT2D eigenvalue weighted by Crippen LogP contribution is -2.61. The highest BCUT2D eigenvalue weighted by Gasteiger charge is 2.49. The molecule has 0 saturated heterocycles. The first-order chi connectivity index (χ1) is 9.41. The lowest BCUT2D eigenvalue weighted by Gasteiger charge is -2.51. The van der Waals surface area contributed by atoms with Gasteiger partial charge in [0.2, 0.25) is 0 Å². The maximum atomic E-state index is 12.3. The molecule has 0 heterocycles. The minimum atomic E-state index is -0.172. The summed E-state index contributed by atoms with van der Waals surface area (Å²) in [6.07, 6.45) is 0.995. The SMILES string of the molecule is COc1cccc(C(=O)NC2CC(OC)C2(C)C)c1N. The van der Waals surface area contributed by atoms with Crippen LogP contribution in [-0.2, 0) is 4.74 Å². The van der Waals surface area contributed by atoms with Gasteiger partial charge >= 0.3 is 0 Å². The summed E-state index contributed by atoms with van der Waals surface area (Å²) >= 11 is 0. The van der Waals surface area contributed by atoms with Gasteiger partial charge in [0.25, 0.3) is 5.91 Å². The number of anilines is 1. The first-order valence-corrected chi connectivity index (χ1v) is 6.68. The number of amides is 1. The summed E-state index contributed by atoms with van der Waals surface area (Å²) in [5, 5.41) is 3.02. The van der Waals surface area contributed by atoms with E-state index >= 15 is 0 Å². The Morgan fingerprint density at radius 2 is 2.10 bits per heavy atom. The molecule has 1 saturated carbocycles. The van der Waals surface area contributed by atoms with Crippen LogP contribution in [0.25, 0.3) is 0 Å². The van der Waals surface area contributed by atoms with Crippen molar-refractivity contribution in [2.24, 2.45) is 5.41 Å². The van der Waals surface area contributed by atoms with Crippen LogP contribution in [0.3, 0.4) is 0 Å². The fourth-order valence-corrected chi connectivity index (χ4v) is 2.69. The molecule has 0 radical (unpaired) electrons. The molecule has 1 fully saturated rings. The summed E-state index contributed by atoms with van der Waals surface area (Å²) in [4.78, 5) is 12.3. The summed E-state index contributed by atoms with van der Waals surface area (Å²) in [7, 11) is 3.23. The third-order valence-corrected chi connectivity index (χ3v) is 4.30. The molecule has 110 valence electrons. The van der Waals surface area contributed by atoms with Gasteiger partial charge in [-0.3, -0.25) is 4.79 Å². The number of nitrogens with one attached hydrogen (secondary N) is 1.